The van der Waals surface area contributed by atoms with Gasteiger partial charge in [0.15, 0.2) is 0 Å². The summed E-state index contributed by atoms with van der Waals surface area (Å²) >= 11 is 1.42. The molecule has 0 saturated carbocycles. The van der Waals surface area contributed by atoms with Gasteiger partial charge in [0.05, 0.1) is 13.2 Å². The maximum absolute atomic E-state index is 11.7. The zero-order chi connectivity index (χ0) is 10.7. The van der Waals surface area contributed by atoms with Crippen LogP contribution in [-0.2, 0) is 9.53 Å². The predicted molar refractivity (Wildman–Crippen MR) is 56.0 cm³/mol. The third-order valence-corrected chi connectivity index (χ3v) is 2.96. The lowest BCUT2D eigenvalue weighted by molar-refractivity contribution is -0.130. The number of hydrogen-bond acceptors (Lipinski definition) is 4. The van der Waals surface area contributed by atoms with E-state index in [1.165, 1.54) is 11.3 Å². The summed E-state index contributed by atoms with van der Waals surface area (Å²) in [7, 11) is 0. The number of amides is 1. The smallest absolute Gasteiger partial charge is 0.295 e. The Kier molecular flexibility index (Phi) is 3.13. The highest BCUT2D eigenvalue weighted by molar-refractivity contribution is 7.08. The summed E-state index contributed by atoms with van der Waals surface area (Å²) in [6, 6.07) is 1.67. The van der Waals surface area contributed by atoms with E-state index in [1.807, 2.05) is 0 Å². The molecule has 4 nitrogen and oxygen atoms in total. The summed E-state index contributed by atoms with van der Waals surface area (Å²) < 4.78 is 5.12. The van der Waals surface area contributed by atoms with Crippen molar-refractivity contribution in [3.63, 3.8) is 0 Å². The average molecular weight is 225 g/mol. The molecule has 2 heterocycles. The fraction of sp³-hybridized carbons (Fsp3) is 0.400. The van der Waals surface area contributed by atoms with E-state index in [0.29, 0.717) is 31.9 Å². The van der Waals surface area contributed by atoms with Crippen LogP contribution in [0, 0.1) is 0 Å². The van der Waals surface area contributed by atoms with Crippen LogP contribution in [0.15, 0.2) is 16.8 Å². The van der Waals surface area contributed by atoms with Gasteiger partial charge in [-0.1, -0.05) is 0 Å². The quantitative estimate of drug-likeness (QED) is 0.552. The number of nitrogens with zero attached hydrogens (tertiary/aromatic N) is 1. The molecule has 1 fully saturated rings. The minimum absolute atomic E-state index is 0.418. The Morgan fingerprint density at radius 3 is 2.67 bits per heavy atom. The van der Waals surface area contributed by atoms with Gasteiger partial charge in [-0.15, -0.1) is 0 Å². The summed E-state index contributed by atoms with van der Waals surface area (Å²) in [6.07, 6.45) is 0. The molecule has 80 valence electrons. The molecule has 1 saturated heterocycles. The van der Waals surface area contributed by atoms with E-state index in [4.69, 9.17) is 4.74 Å². The van der Waals surface area contributed by atoms with Gasteiger partial charge in [0, 0.05) is 24.0 Å². The molecule has 1 amide bonds. The van der Waals surface area contributed by atoms with Gasteiger partial charge in [0.1, 0.15) is 0 Å². The molecule has 0 aliphatic carbocycles. The van der Waals surface area contributed by atoms with E-state index >= 15 is 0 Å². The van der Waals surface area contributed by atoms with E-state index in [0.717, 1.165) is 0 Å². The Bertz CT molecular complexity index is 355. The summed E-state index contributed by atoms with van der Waals surface area (Å²) in [5.74, 6) is -0.838. The number of rotatable bonds is 2. The number of carbonyl (C=O) groups excluding carboxylic acids is 2. The first-order chi connectivity index (χ1) is 7.29. The van der Waals surface area contributed by atoms with Gasteiger partial charge in [-0.05, 0) is 11.4 Å². The molecule has 5 heteroatoms. The number of thiophene rings is 1. The van der Waals surface area contributed by atoms with Crippen molar-refractivity contribution in [2.45, 2.75) is 0 Å². The Labute approximate surface area is 91.5 Å². The van der Waals surface area contributed by atoms with Crippen LogP contribution in [0.1, 0.15) is 10.4 Å². The summed E-state index contributed by atoms with van der Waals surface area (Å²) in [5, 5.41) is 3.49. The van der Waals surface area contributed by atoms with Gasteiger partial charge < -0.3 is 9.64 Å². The first-order valence-electron chi connectivity index (χ1n) is 4.72. The van der Waals surface area contributed by atoms with Gasteiger partial charge in [-0.25, -0.2) is 0 Å². The Morgan fingerprint density at radius 2 is 2.07 bits per heavy atom. The van der Waals surface area contributed by atoms with E-state index in [9.17, 15) is 9.59 Å². The molecule has 0 unspecified atom stereocenters. The molecular weight excluding hydrogens is 214 g/mol. The van der Waals surface area contributed by atoms with Crippen molar-refractivity contribution < 1.29 is 14.3 Å². The van der Waals surface area contributed by atoms with Crippen molar-refractivity contribution in [1.29, 1.82) is 0 Å². The van der Waals surface area contributed by atoms with Crippen LogP contribution < -0.4 is 0 Å². The molecule has 1 aromatic rings. The topological polar surface area (TPSA) is 46.6 Å². The normalized spacial score (nSPS) is 16.4. The molecule has 1 aliphatic rings. The second-order valence-corrected chi connectivity index (χ2v) is 4.03. The second kappa shape index (κ2) is 4.55. The standard InChI is InChI=1S/C10H11NO3S/c12-9(8-1-6-15-7-8)10(13)11-2-4-14-5-3-11/h1,6-7H,2-5H2. The molecule has 0 N–H and O–H groups in total. The first kappa shape index (κ1) is 10.3. The van der Waals surface area contributed by atoms with Crippen LogP contribution in [-0.4, -0.2) is 42.9 Å². The van der Waals surface area contributed by atoms with Crippen LogP contribution in [0.4, 0.5) is 0 Å². The lowest BCUT2D eigenvalue weighted by Gasteiger charge is -2.25. The van der Waals surface area contributed by atoms with Crippen molar-refractivity contribution >= 4 is 23.0 Å². The molecule has 1 aliphatic heterocycles. The molecule has 0 bridgehead atoms. The number of Topliss-reactive ketones (excluding diaryl/α,β-unsaturated/α-hetero) is 1. The summed E-state index contributed by atoms with van der Waals surface area (Å²) in [6.45, 7) is 2.05. The lowest BCUT2D eigenvalue weighted by Crippen LogP contribution is -2.44. The van der Waals surface area contributed by atoms with E-state index in [-0.39, 0.29) is 0 Å². The van der Waals surface area contributed by atoms with Gasteiger partial charge in [-0.3, -0.25) is 9.59 Å². The zero-order valence-corrected chi connectivity index (χ0v) is 8.96. The Hall–Kier alpha value is -1.20. The van der Waals surface area contributed by atoms with Crippen molar-refractivity contribution in [2.24, 2.45) is 0 Å². The Morgan fingerprint density at radius 1 is 1.33 bits per heavy atom. The third-order valence-electron chi connectivity index (χ3n) is 2.28. The SMILES string of the molecule is O=C(C(=O)N1CCOCC1)c1ccsc1. The monoisotopic (exact) mass is 225 g/mol. The van der Waals surface area contributed by atoms with Crippen LogP contribution in [0.3, 0.4) is 0 Å². The minimum atomic E-state index is -0.420. The van der Waals surface area contributed by atoms with Gasteiger partial charge in [-0.2, -0.15) is 11.3 Å². The first-order valence-corrected chi connectivity index (χ1v) is 5.67. The highest BCUT2D eigenvalue weighted by Gasteiger charge is 2.24. The fourth-order valence-electron chi connectivity index (χ4n) is 1.43. The predicted octanol–water partition coefficient (Wildman–Crippen LogP) is 0.790. The highest BCUT2D eigenvalue weighted by Crippen LogP contribution is 2.09. The molecule has 0 aromatic carbocycles. The summed E-state index contributed by atoms with van der Waals surface area (Å²) in [4.78, 5) is 24.9. The molecule has 0 spiro atoms. The molecule has 0 radical (unpaired) electrons. The van der Waals surface area contributed by atoms with E-state index < -0.39 is 11.7 Å². The minimum Gasteiger partial charge on any atom is -0.378 e. The molecule has 15 heavy (non-hydrogen) atoms. The molecule has 2 rings (SSSR count). The van der Waals surface area contributed by atoms with Crippen LogP contribution in [0.2, 0.25) is 0 Å². The molecular formula is C10H11NO3S. The zero-order valence-electron chi connectivity index (χ0n) is 8.14. The highest BCUT2D eigenvalue weighted by atomic mass is 32.1. The van der Waals surface area contributed by atoms with Crippen LogP contribution in [0.5, 0.6) is 0 Å². The van der Waals surface area contributed by atoms with Crippen molar-refractivity contribution in [2.75, 3.05) is 26.3 Å². The van der Waals surface area contributed by atoms with Gasteiger partial charge >= 0.3 is 0 Å². The van der Waals surface area contributed by atoms with Crippen molar-refractivity contribution in [3.8, 4) is 0 Å². The third kappa shape index (κ3) is 2.24. The van der Waals surface area contributed by atoms with Crippen LogP contribution >= 0.6 is 11.3 Å². The average Bonchev–Trinajstić information content (AvgIpc) is 2.82. The molecule has 1 aromatic heterocycles. The Balaban J connectivity index is 2.04. The van der Waals surface area contributed by atoms with Crippen molar-refractivity contribution in [1.82, 2.24) is 4.90 Å². The van der Waals surface area contributed by atoms with Crippen molar-refractivity contribution in [3.05, 3.63) is 22.4 Å². The van der Waals surface area contributed by atoms with Crippen LogP contribution in [0.25, 0.3) is 0 Å². The number of morpholine rings is 1. The lowest BCUT2D eigenvalue weighted by atomic mass is 10.2. The molecule has 0 atom stereocenters. The number of carbonyl (C=O) groups is 2. The van der Waals surface area contributed by atoms with E-state index in [2.05, 4.69) is 0 Å². The fourth-order valence-corrected chi connectivity index (χ4v) is 2.06. The summed E-state index contributed by atoms with van der Waals surface area (Å²) in [5.41, 5.74) is 0.483. The number of ether oxygens (including phenoxy) is 1. The van der Waals surface area contributed by atoms with Gasteiger partial charge in [0.25, 0.3) is 11.7 Å². The maximum atomic E-state index is 11.7. The number of hydrogen-bond donors (Lipinski definition) is 0. The largest absolute Gasteiger partial charge is 0.378 e. The van der Waals surface area contributed by atoms with E-state index in [1.54, 1.807) is 21.7 Å². The number of ketones is 1. The second-order valence-electron chi connectivity index (χ2n) is 3.25. The maximum Gasteiger partial charge on any atom is 0.295 e. The van der Waals surface area contributed by atoms with Gasteiger partial charge in [0.2, 0.25) is 0 Å².